The predicted molar refractivity (Wildman–Crippen MR) is 69.8 cm³/mol. The van der Waals surface area contributed by atoms with Gasteiger partial charge in [0.05, 0.1) is 10.8 Å². The van der Waals surface area contributed by atoms with Crippen LogP contribution in [0.25, 0.3) is 0 Å². The van der Waals surface area contributed by atoms with Gasteiger partial charge in [0.15, 0.2) is 0 Å². The monoisotopic (exact) mass is 278 g/mol. The van der Waals surface area contributed by atoms with E-state index in [9.17, 15) is 8.42 Å². The molecule has 4 nitrogen and oxygen atoms in total. The molecule has 0 radical (unpaired) electrons. The van der Waals surface area contributed by atoms with E-state index in [1.165, 1.54) is 0 Å². The standard InChI is InChI=1S/C11H19ClN2O2S/c1-3-5-13-17(15,16)11-7-10(8-12)14(9-11)6-4-2/h7,9,13H,3-6,8H2,1-2H3. The molecule has 0 fully saturated rings. The maximum absolute atomic E-state index is 11.9. The van der Waals surface area contributed by atoms with Crippen LogP contribution in [0.4, 0.5) is 0 Å². The molecule has 0 aliphatic heterocycles. The number of aromatic nitrogens is 1. The SMILES string of the molecule is CCCNS(=O)(=O)c1cc(CCl)n(CCC)c1. The molecule has 1 aromatic rings. The largest absolute Gasteiger partial charge is 0.349 e. The first-order valence-electron chi connectivity index (χ1n) is 5.79. The minimum absolute atomic E-state index is 0.301. The summed E-state index contributed by atoms with van der Waals surface area (Å²) in [5.74, 6) is 0.323. The van der Waals surface area contributed by atoms with E-state index >= 15 is 0 Å². The smallest absolute Gasteiger partial charge is 0.242 e. The second-order valence-corrected chi connectivity index (χ2v) is 5.93. The molecule has 1 rings (SSSR count). The highest BCUT2D eigenvalue weighted by Crippen LogP contribution is 2.16. The van der Waals surface area contributed by atoms with Crippen LogP contribution in [0.15, 0.2) is 17.2 Å². The van der Waals surface area contributed by atoms with Crippen molar-refractivity contribution in [2.45, 2.75) is 44.0 Å². The van der Waals surface area contributed by atoms with E-state index in [2.05, 4.69) is 4.72 Å². The van der Waals surface area contributed by atoms with Crippen molar-refractivity contribution in [1.82, 2.24) is 9.29 Å². The van der Waals surface area contributed by atoms with Gasteiger partial charge < -0.3 is 4.57 Å². The third kappa shape index (κ3) is 3.72. The van der Waals surface area contributed by atoms with E-state index < -0.39 is 10.0 Å². The Labute approximate surface area is 108 Å². The van der Waals surface area contributed by atoms with Gasteiger partial charge in [-0.2, -0.15) is 0 Å². The van der Waals surface area contributed by atoms with Crippen molar-refractivity contribution in [2.24, 2.45) is 0 Å². The number of nitrogens with zero attached hydrogens (tertiary/aromatic N) is 1. The van der Waals surface area contributed by atoms with Crippen LogP contribution in [-0.2, 0) is 22.4 Å². The van der Waals surface area contributed by atoms with Crippen molar-refractivity contribution in [3.8, 4) is 0 Å². The second-order valence-electron chi connectivity index (χ2n) is 3.89. The molecule has 0 unspecified atom stereocenters. The summed E-state index contributed by atoms with van der Waals surface area (Å²) < 4.78 is 28.3. The van der Waals surface area contributed by atoms with Gasteiger partial charge in [0.1, 0.15) is 0 Å². The summed E-state index contributed by atoms with van der Waals surface area (Å²) in [5.41, 5.74) is 0.838. The number of rotatable bonds is 7. The van der Waals surface area contributed by atoms with Crippen LogP contribution in [-0.4, -0.2) is 19.5 Å². The highest BCUT2D eigenvalue weighted by Gasteiger charge is 2.17. The summed E-state index contributed by atoms with van der Waals surface area (Å²) in [6, 6.07) is 1.64. The zero-order valence-corrected chi connectivity index (χ0v) is 11.8. The van der Waals surface area contributed by atoms with Gasteiger partial charge in [-0.3, -0.25) is 0 Å². The highest BCUT2D eigenvalue weighted by molar-refractivity contribution is 7.89. The predicted octanol–water partition coefficient (Wildman–Crippen LogP) is 2.33. The lowest BCUT2D eigenvalue weighted by atomic mass is 10.4. The molecule has 98 valence electrons. The Morgan fingerprint density at radius 3 is 2.59 bits per heavy atom. The minimum Gasteiger partial charge on any atom is -0.349 e. The maximum Gasteiger partial charge on any atom is 0.242 e. The van der Waals surface area contributed by atoms with Gasteiger partial charge in [0.25, 0.3) is 0 Å². The van der Waals surface area contributed by atoms with Gasteiger partial charge in [-0.1, -0.05) is 13.8 Å². The first-order valence-corrected chi connectivity index (χ1v) is 7.81. The molecule has 1 N–H and O–H groups in total. The Hall–Kier alpha value is -0.520. The van der Waals surface area contributed by atoms with Crippen molar-refractivity contribution in [3.63, 3.8) is 0 Å². The number of aryl methyl sites for hydroxylation is 1. The van der Waals surface area contributed by atoms with E-state index in [0.717, 1.165) is 25.1 Å². The lowest BCUT2D eigenvalue weighted by molar-refractivity contribution is 0.580. The molecule has 1 heterocycles. The fraction of sp³-hybridized carbons (Fsp3) is 0.636. The molecule has 17 heavy (non-hydrogen) atoms. The van der Waals surface area contributed by atoms with Crippen molar-refractivity contribution < 1.29 is 8.42 Å². The number of hydrogen-bond donors (Lipinski definition) is 1. The fourth-order valence-corrected chi connectivity index (χ4v) is 2.98. The zero-order chi connectivity index (χ0) is 12.9. The third-order valence-corrected chi connectivity index (χ3v) is 4.12. The van der Waals surface area contributed by atoms with E-state index in [1.807, 2.05) is 18.4 Å². The van der Waals surface area contributed by atoms with E-state index in [0.29, 0.717) is 17.3 Å². The number of halogens is 1. The summed E-state index contributed by atoms with van der Waals surface area (Å²) in [6.07, 6.45) is 3.37. The Bertz CT molecular complexity index is 454. The molecular formula is C11H19ClN2O2S. The van der Waals surface area contributed by atoms with Gasteiger partial charge in [-0.25, -0.2) is 13.1 Å². The molecule has 0 amide bonds. The molecule has 0 aliphatic rings. The van der Waals surface area contributed by atoms with Crippen molar-refractivity contribution in [3.05, 3.63) is 18.0 Å². The molecule has 0 aliphatic carbocycles. The average Bonchev–Trinajstić information content (AvgIpc) is 2.71. The van der Waals surface area contributed by atoms with Gasteiger partial charge in [-0.05, 0) is 18.9 Å². The lowest BCUT2D eigenvalue weighted by Gasteiger charge is -2.03. The first-order chi connectivity index (χ1) is 8.05. The Balaban J connectivity index is 2.98. The molecule has 0 aromatic carbocycles. The van der Waals surface area contributed by atoms with Gasteiger partial charge in [-0.15, -0.1) is 11.6 Å². The number of sulfonamides is 1. The van der Waals surface area contributed by atoms with E-state index in [1.54, 1.807) is 12.3 Å². The zero-order valence-electron chi connectivity index (χ0n) is 10.2. The maximum atomic E-state index is 11.9. The first kappa shape index (κ1) is 14.5. The Kier molecular flexibility index (Phi) is 5.49. The van der Waals surface area contributed by atoms with Crippen LogP contribution in [0.3, 0.4) is 0 Å². The molecule has 0 saturated heterocycles. The number of alkyl halides is 1. The topological polar surface area (TPSA) is 51.1 Å². The Morgan fingerprint density at radius 1 is 1.35 bits per heavy atom. The fourth-order valence-electron chi connectivity index (χ4n) is 1.55. The Morgan fingerprint density at radius 2 is 2.06 bits per heavy atom. The van der Waals surface area contributed by atoms with E-state index in [-0.39, 0.29) is 0 Å². The number of hydrogen-bond acceptors (Lipinski definition) is 2. The molecule has 0 atom stereocenters. The van der Waals surface area contributed by atoms with Gasteiger partial charge in [0.2, 0.25) is 10.0 Å². The van der Waals surface area contributed by atoms with Crippen LogP contribution in [0.1, 0.15) is 32.4 Å². The molecule has 0 spiro atoms. The van der Waals surface area contributed by atoms with Crippen LogP contribution in [0, 0.1) is 0 Å². The van der Waals surface area contributed by atoms with Crippen molar-refractivity contribution in [2.75, 3.05) is 6.54 Å². The van der Waals surface area contributed by atoms with Crippen LogP contribution < -0.4 is 4.72 Å². The van der Waals surface area contributed by atoms with E-state index in [4.69, 9.17) is 11.6 Å². The quantitative estimate of drug-likeness (QED) is 0.778. The summed E-state index contributed by atoms with van der Waals surface area (Å²) in [4.78, 5) is 0.301. The summed E-state index contributed by atoms with van der Waals surface area (Å²) in [6.45, 7) is 5.21. The summed E-state index contributed by atoms with van der Waals surface area (Å²) >= 11 is 5.80. The average molecular weight is 279 g/mol. The molecular weight excluding hydrogens is 260 g/mol. The molecule has 0 bridgehead atoms. The minimum atomic E-state index is -3.38. The second kappa shape index (κ2) is 6.42. The van der Waals surface area contributed by atoms with Crippen LogP contribution in [0.2, 0.25) is 0 Å². The van der Waals surface area contributed by atoms with Crippen molar-refractivity contribution >= 4 is 21.6 Å². The summed E-state index contributed by atoms with van der Waals surface area (Å²) in [7, 11) is -3.38. The van der Waals surface area contributed by atoms with Gasteiger partial charge >= 0.3 is 0 Å². The number of nitrogens with one attached hydrogen (secondary N) is 1. The molecule has 6 heteroatoms. The van der Waals surface area contributed by atoms with Crippen LogP contribution in [0.5, 0.6) is 0 Å². The third-order valence-electron chi connectivity index (χ3n) is 2.41. The van der Waals surface area contributed by atoms with Crippen LogP contribution >= 0.6 is 11.6 Å². The lowest BCUT2D eigenvalue weighted by Crippen LogP contribution is -2.24. The molecule has 1 aromatic heterocycles. The molecule has 0 saturated carbocycles. The van der Waals surface area contributed by atoms with Crippen molar-refractivity contribution in [1.29, 1.82) is 0 Å². The normalized spacial score (nSPS) is 11.9. The summed E-state index contributed by atoms with van der Waals surface area (Å²) in [5, 5.41) is 0. The van der Waals surface area contributed by atoms with Gasteiger partial charge in [0, 0.05) is 25.0 Å². The highest BCUT2D eigenvalue weighted by atomic mass is 35.5.